The van der Waals surface area contributed by atoms with E-state index in [2.05, 4.69) is 19.2 Å². The van der Waals surface area contributed by atoms with Crippen LogP contribution in [-0.4, -0.2) is 23.6 Å². The molecule has 1 aliphatic carbocycles. The maximum Gasteiger partial charge on any atom is 0.306 e. The Morgan fingerprint density at radius 2 is 1.80 bits per heavy atom. The smallest absolute Gasteiger partial charge is 0.306 e. The number of hydrogen-bond donors (Lipinski definition) is 2. The Morgan fingerprint density at radius 1 is 1.20 bits per heavy atom. The molecule has 25 heavy (non-hydrogen) atoms. The van der Waals surface area contributed by atoms with Crippen LogP contribution in [0.25, 0.3) is 0 Å². The maximum atomic E-state index is 12.5. The van der Waals surface area contributed by atoms with Gasteiger partial charge in [-0.05, 0) is 56.7 Å². The van der Waals surface area contributed by atoms with E-state index in [-0.39, 0.29) is 11.8 Å². The van der Waals surface area contributed by atoms with E-state index in [1.165, 1.54) is 0 Å². The zero-order chi connectivity index (χ0) is 18.6. The van der Waals surface area contributed by atoms with Crippen molar-refractivity contribution in [1.82, 2.24) is 5.32 Å². The highest BCUT2D eigenvalue weighted by molar-refractivity contribution is 5.81. The molecule has 5 nitrogen and oxygen atoms in total. The van der Waals surface area contributed by atoms with Gasteiger partial charge >= 0.3 is 5.97 Å². The number of carbonyl (C=O) groups excluding carboxylic acids is 1. The van der Waals surface area contributed by atoms with E-state index in [0.29, 0.717) is 31.8 Å². The lowest BCUT2D eigenvalue weighted by molar-refractivity contribution is -0.141. The first-order valence-electron chi connectivity index (χ1n) is 8.97. The van der Waals surface area contributed by atoms with Gasteiger partial charge < -0.3 is 15.2 Å². The van der Waals surface area contributed by atoms with Crippen molar-refractivity contribution in [1.29, 1.82) is 0 Å². The first kappa shape index (κ1) is 19.3. The fourth-order valence-corrected chi connectivity index (χ4v) is 3.16. The van der Waals surface area contributed by atoms with Crippen LogP contribution >= 0.6 is 0 Å². The molecule has 2 rings (SSSR count). The van der Waals surface area contributed by atoms with Crippen LogP contribution in [0.2, 0.25) is 0 Å². The molecule has 0 unspecified atom stereocenters. The SMILES string of the molecule is CC(C)COc1ccc(C(C)(C)NC(=O)[C@@H]2CC[C@H](C(=O)O)C2)cc1. The van der Waals surface area contributed by atoms with Gasteiger partial charge in [0.05, 0.1) is 18.1 Å². The van der Waals surface area contributed by atoms with Crippen molar-refractivity contribution in [2.24, 2.45) is 17.8 Å². The van der Waals surface area contributed by atoms with Crippen LogP contribution in [0.1, 0.15) is 52.5 Å². The predicted octanol–water partition coefficient (Wildman–Crippen LogP) is 3.57. The van der Waals surface area contributed by atoms with E-state index in [1.54, 1.807) is 0 Å². The summed E-state index contributed by atoms with van der Waals surface area (Å²) in [7, 11) is 0. The highest BCUT2D eigenvalue weighted by Gasteiger charge is 2.35. The van der Waals surface area contributed by atoms with Crippen LogP contribution in [0.4, 0.5) is 0 Å². The molecule has 0 bridgehead atoms. The summed E-state index contributed by atoms with van der Waals surface area (Å²) in [6.45, 7) is 8.79. The Bertz CT molecular complexity index is 607. The Kier molecular flexibility index (Phi) is 6.09. The van der Waals surface area contributed by atoms with Gasteiger partial charge in [0.15, 0.2) is 0 Å². The lowest BCUT2D eigenvalue weighted by Crippen LogP contribution is -2.43. The van der Waals surface area contributed by atoms with Gasteiger partial charge in [-0.15, -0.1) is 0 Å². The fraction of sp³-hybridized carbons (Fsp3) is 0.600. The normalized spacial score (nSPS) is 20.5. The Hall–Kier alpha value is -2.04. The van der Waals surface area contributed by atoms with Crippen molar-refractivity contribution < 1.29 is 19.4 Å². The third kappa shape index (κ3) is 5.21. The summed E-state index contributed by atoms with van der Waals surface area (Å²) in [4.78, 5) is 23.6. The number of ether oxygens (including phenoxy) is 1. The molecule has 0 aliphatic heterocycles. The van der Waals surface area contributed by atoms with E-state index in [1.807, 2.05) is 38.1 Å². The molecule has 2 N–H and O–H groups in total. The van der Waals surface area contributed by atoms with Gasteiger partial charge in [-0.2, -0.15) is 0 Å². The molecule has 5 heteroatoms. The van der Waals surface area contributed by atoms with Gasteiger partial charge in [-0.25, -0.2) is 0 Å². The van der Waals surface area contributed by atoms with Crippen molar-refractivity contribution >= 4 is 11.9 Å². The molecule has 1 fully saturated rings. The van der Waals surface area contributed by atoms with E-state index < -0.39 is 17.4 Å². The molecule has 0 radical (unpaired) electrons. The van der Waals surface area contributed by atoms with Crippen molar-refractivity contribution in [3.63, 3.8) is 0 Å². The van der Waals surface area contributed by atoms with Crippen molar-refractivity contribution in [3.8, 4) is 5.75 Å². The topological polar surface area (TPSA) is 75.6 Å². The van der Waals surface area contributed by atoms with Crippen LogP contribution in [0.15, 0.2) is 24.3 Å². The van der Waals surface area contributed by atoms with E-state index in [9.17, 15) is 9.59 Å². The van der Waals surface area contributed by atoms with E-state index >= 15 is 0 Å². The number of carbonyl (C=O) groups is 2. The number of amides is 1. The van der Waals surface area contributed by atoms with Gasteiger partial charge in [0, 0.05) is 5.92 Å². The van der Waals surface area contributed by atoms with Crippen LogP contribution in [0, 0.1) is 17.8 Å². The van der Waals surface area contributed by atoms with Crippen LogP contribution < -0.4 is 10.1 Å². The summed E-state index contributed by atoms with van der Waals surface area (Å²) in [5, 5.41) is 12.2. The number of aliphatic carboxylic acids is 1. The van der Waals surface area contributed by atoms with Gasteiger partial charge in [-0.1, -0.05) is 26.0 Å². The molecule has 1 amide bonds. The predicted molar refractivity (Wildman–Crippen MR) is 96.4 cm³/mol. The molecule has 138 valence electrons. The third-order valence-electron chi connectivity index (χ3n) is 4.75. The summed E-state index contributed by atoms with van der Waals surface area (Å²) >= 11 is 0. The Labute approximate surface area is 149 Å². The van der Waals surface area contributed by atoms with Crippen molar-refractivity contribution in [3.05, 3.63) is 29.8 Å². The molecule has 1 aliphatic rings. The van der Waals surface area contributed by atoms with Crippen LogP contribution in [0.3, 0.4) is 0 Å². The minimum atomic E-state index is -0.799. The summed E-state index contributed by atoms with van der Waals surface area (Å²) in [6.07, 6.45) is 1.65. The van der Waals surface area contributed by atoms with Gasteiger partial charge in [0.1, 0.15) is 5.75 Å². The second-order valence-electron chi connectivity index (χ2n) is 7.89. The summed E-state index contributed by atoms with van der Waals surface area (Å²) < 4.78 is 5.69. The molecule has 0 spiro atoms. The molecule has 0 aromatic heterocycles. The Morgan fingerprint density at radius 3 is 2.32 bits per heavy atom. The number of benzene rings is 1. The monoisotopic (exact) mass is 347 g/mol. The quantitative estimate of drug-likeness (QED) is 0.790. The molecule has 0 heterocycles. The lowest BCUT2D eigenvalue weighted by atomic mass is 9.92. The highest BCUT2D eigenvalue weighted by atomic mass is 16.5. The van der Waals surface area contributed by atoms with Crippen molar-refractivity contribution in [2.45, 2.75) is 52.5 Å². The zero-order valence-corrected chi connectivity index (χ0v) is 15.5. The van der Waals surface area contributed by atoms with Crippen molar-refractivity contribution in [2.75, 3.05) is 6.61 Å². The van der Waals surface area contributed by atoms with E-state index in [0.717, 1.165) is 11.3 Å². The second-order valence-corrected chi connectivity index (χ2v) is 7.89. The number of rotatable bonds is 7. The zero-order valence-electron chi connectivity index (χ0n) is 15.5. The first-order chi connectivity index (χ1) is 11.7. The highest BCUT2D eigenvalue weighted by Crippen LogP contribution is 2.32. The standard InChI is InChI=1S/C20H29NO4/c1-13(2)12-25-17-9-7-16(8-10-17)20(3,4)21-18(22)14-5-6-15(11-14)19(23)24/h7-10,13-15H,5-6,11-12H2,1-4H3,(H,21,22)(H,23,24)/t14-,15+/m1/s1. The molecule has 1 aromatic carbocycles. The minimum absolute atomic E-state index is 0.0612. The first-order valence-corrected chi connectivity index (χ1v) is 8.97. The summed E-state index contributed by atoms with van der Waals surface area (Å²) in [5.74, 6) is -0.179. The second kappa shape index (κ2) is 7.89. The molecular weight excluding hydrogens is 318 g/mol. The summed E-state index contributed by atoms with van der Waals surface area (Å²) in [5.41, 5.74) is 0.472. The molecule has 0 saturated heterocycles. The van der Waals surface area contributed by atoms with Gasteiger partial charge in [-0.3, -0.25) is 9.59 Å². The molecule has 1 saturated carbocycles. The minimum Gasteiger partial charge on any atom is -0.493 e. The maximum absolute atomic E-state index is 12.5. The third-order valence-corrected chi connectivity index (χ3v) is 4.75. The summed E-state index contributed by atoms with van der Waals surface area (Å²) in [6, 6.07) is 7.76. The van der Waals surface area contributed by atoms with Crippen LogP contribution in [0.5, 0.6) is 5.75 Å². The van der Waals surface area contributed by atoms with Gasteiger partial charge in [0.25, 0.3) is 0 Å². The molecule has 1 aromatic rings. The average Bonchev–Trinajstić information content (AvgIpc) is 3.03. The average molecular weight is 347 g/mol. The fourth-order valence-electron chi connectivity index (χ4n) is 3.16. The van der Waals surface area contributed by atoms with Gasteiger partial charge in [0.2, 0.25) is 5.91 Å². The Balaban J connectivity index is 1.96. The number of carboxylic acid groups (broad SMARTS) is 1. The van der Waals surface area contributed by atoms with E-state index in [4.69, 9.17) is 9.84 Å². The number of hydrogen-bond acceptors (Lipinski definition) is 3. The lowest BCUT2D eigenvalue weighted by Gasteiger charge is -2.28. The van der Waals surface area contributed by atoms with Crippen LogP contribution in [-0.2, 0) is 15.1 Å². The number of carboxylic acids is 1. The largest absolute Gasteiger partial charge is 0.493 e. The number of nitrogens with one attached hydrogen (secondary N) is 1. The molecule has 2 atom stereocenters. The molecular formula is C20H29NO4.